The molecule has 0 aliphatic rings. The summed E-state index contributed by atoms with van der Waals surface area (Å²) in [6.45, 7) is 8.88. The summed E-state index contributed by atoms with van der Waals surface area (Å²) in [5.41, 5.74) is 3.02. The normalized spacial score (nSPS) is 12.5. The van der Waals surface area contributed by atoms with Gasteiger partial charge in [-0.15, -0.1) is 0 Å². The van der Waals surface area contributed by atoms with Gasteiger partial charge in [0.2, 0.25) is 10.0 Å². The highest BCUT2D eigenvalue weighted by atomic mass is 32.2. The van der Waals surface area contributed by atoms with E-state index in [0.717, 1.165) is 5.56 Å². The number of hydrogen-bond acceptors (Lipinski definition) is 3. The predicted molar refractivity (Wildman–Crippen MR) is 81.2 cm³/mol. The summed E-state index contributed by atoms with van der Waals surface area (Å²) < 4.78 is 26.2. The van der Waals surface area contributed by atoms with E-state index in [2.05, 4.69) is 30.8 Å². The molecule has 0 heterocycles. The molecule has 19 heavy (non-hydrogen) atoms. The van der Waals surface area contributed by atoms with E-state index in [1.165, 1.54) is 5.56 Å². The van der Waals surface area contributed by atoms with E-state index in [4.69, 9.17) is 0 Å². The maximum absolute atomic E-state index is 11.8. The molecule has 0 bridgehead atoms. The van der Waals surface area contributed by atoms with Crippen molar-refractivity contribution in [1.82, 2.24) is 5.32 Å². The third kappa shape index (κ3) is 4.84. The van der Waals surface area contributed by atoms with Crippen LogP contribution >= 0.6 is 0 Å². The first-order valence-electron chi connectivity index (χ1n) is 6.42. The monoisotopic (exact) mass is 284 g/mol. The molecule has 108 valence electrons. The Bertz CT molecular complexity index is 531. The van der Waals surface area contributed by atoms with Gasteiger partial charge in [-0.25, -0.2) is 8.42 Å². The van der Waals surface area contributed by atoms with E-state index in [1.54, 1.807) is 7.05 Å². The van der Waals surface area contributed by atoms with Gasteiger partial charge in [0.15, 0.2) is 0 Å². The Morgan fingerprint density at radius 3 is 2.32 bits per heavy atom. The Labute approximate surface area is 116 Å². The smallest absolute Gasteiger partial charge is 0.233 e. The Kier molecular flexibility index (Phi) is 4.98. The van der Waals surface area contributed by atoms with Crippen LogP contribution in [0.25, 0.3) is 0 Å². The summed E-state index contributed by atoms with van der Waals surface area (Å²) in [7, 11) is -1.54. The second-order valence-electron chi connectivity index (χ2n) is 5.80. The lowest BCUT2D eigenvalue weighted by Gasteiger charge is -2.22. The molecule has 0 saturated heterocycles. The number of hydrogen-bond donors (Lipinski definition) is 2. The number of benzene rings is 1. The molecule has 0 aliphatic carbocycles. The molecule has 0 atom stereocenters. The average molecular weight is 284 g/mol. The van der Waals surface area contributed by atoms with Gasteiger partial charge in [-0.05, 0) is 42.6 Å². The quantitative estimate of drug-likeness (QED) is 0.872. The predicted octanol–water partition coefficient (Wildman–Crippen LogP) is 2.25. The fourth-order valence-corrected chi connectivity index (χ4v) is 3.10. The maximum Gasteiger partial charge on any atom is 0.233 e. The third-order valence-corrected chi connectivity index (χ3v) is 4.22. The van der Waals surface area contributed by atoms with Crippen LogP contribution < -0.4 is 10.0 Å². The van der Waals surface area contributed by atoms with Crippen molar-refractivity contribution in [2.45, 2.75) is 33.1 Å². The van der Waals surface area contributed by atoms with Gasteiger partial charge in [0.1, 0.15) is 0 Å². The van der Waals surface area contributed by atoms with Gasteiger partial charge < -0.3 is 5.32 Å². The topological polar surface area (TPSA) is 58.2 Å². The molecular formula is C14H24N2O2S. The molecule has 0 unspecified atom stereocenters. The van der Waals surface area contributed by atoms with E-state index < -0.39 is 10.0 Å². The summed E-state index contributed by atoms with van der Waals surface area (Å²) in [6, 6.07) is 5.70. The zero-order chi connectivity index (χ0) is 14.7. The molecule has 0 amide bonds. The fraction of sp³-hybridized carbons (Fsp3) is 0.571. The zero-order valence-electron chi connectivity index (χ0n) is 12.4. The van der Waals surface area contributed by atoms with Gasteiger partial charge in [0.05, 0.1) is 5.75 Å². The lowest BCUT2D eigenvalue weighted by molar-refractivity contribution is 0.586. The lowest BCUT2D eigenvalue weighted by Crippen LogP contribution is -2.24. The minimum absolute atomic E-state index is 0.0631. The average Bonchev–Trinajstić information content (AvgIpc) is 2.24. The number of nitrogens with one attached hydrogen (secondary N) is 2. The highest BCUT2D eigenvalue weighted by Crippen LogP contribution is 2.27. The largest absolute Gasteiger partial charge is 0.319 e. The van der Waals surface area contributed by atoms with Crippen molar-refractivity contribution in [3.8, 4) is 0 Å². The number of rotatable bonds is 5. The van der Waals surface area contributed by atoms with Gasteiger partial charge in [-0.3, -0.25) is 4.72 Å². The first-order chi connectivity index (χ1) is 8.65. The van der Waals surface area contributed by atoms with Crippen LogP contribution in [-0.2, 0) is 15.4 Å². The fourth-order valence-electron chi connectivity index (χ4n) is 2.04. The van der Waals surface area contributed by atoms with Crippen LogP contribution in [0.4, 0.5) is 5.69 Å². The Morgan fingerprint density at radius 1 is 1.21 bits per heavy atom. The van der Waals surface area contributed by atoms with Crippen molar-refractivity contribution in [3.05, 3.63) is 29.3 Å². The van der Waals surface area contributed by atoms with Gasteiger partial charge in [-0.1, -0.05) is 26.8 Å². The van der Waals surface area contributed by atoms with Crippen LogP contribution in [0.2, 0.25) is 0 Å². The molecule has 0 radical (unpaired) electrons. The van der Waals surface area contributed by atoms with Gasteiger partial charge in [-0.2, -0.15) is 0 Å². The molecule has 4 nitrogen and oxygen atoms in total. The lowest BCUT2D eigenvalue weighted by atomic mass is 9.84. The van der Waals surface area contributed by atoms with Gasteiger partial charge in [0.25, 0.3) is 0 Å². The number of aryl methyl sites for hydroxylation is 1. The summed E-state index contributed by atoms with van der Waals surface area (Å²) in [6.07, 6.45) is 0. The van der Waals surface area contributed by atoms with Crippen molar-refractivity contribution in [2.24, 2.45) is 0 Å². The van der Waals surface area contributed by atoms with E-state index in [-0.39, 0.29) is 11.2 Å². The van der Waals surface area contributed by atoms with Crippen LogP contribution in [0.3, 0.4) is 0 Å². The summed E-state index contributed by atoms with van der Waals surface area (Å²) in [5, 5.41) is 2.83. The van der Waals surface area contributed by atoms with E-state index in [9.17, 15) is 8.42 Å². The van der Waals surface area contributed by atoms with E-state index in [1.807, 2.05) is 25.1 Å². The van der Waals surface area contributed by atoms with Crippen molar-refractivity contribution in [1.29, 1.82) is 0 Å². The van der Waals surface area contributed by atoms with Gasteiger partial charge >= 0.3 is 0 Å². The Hall–Kier alpha value is -1.07. The molecule has 1 rings (SSSR count). The molecule has 0 spiro atoms. The second-order valence-corrected chi connectivity index (χ2v) is 7.65. The maximum atomic E-state index is 11.8. The zero-order valence-corrected chi connectivity index (χ0v) is 13.2. The molecule has 0 aliphatic heterocycles. The first-order valence-corrected chi connectivity index (χ1v) is 8.07. The molecule has 1 aromatic carbocycles. The molecule has 0 aromatic heterocycles. The van der Waals surface area contributed by atoms with Crippen LogP contribution in [0.1, 0.15) is 31.9 Å². The third-order valence-electron chi connectivity index (χ3n) is 2.93. The minimum atomic E-state index is -3.27. The Balaban J connectivity index is 2.91. The molecular weight excluding hydrogens is 260 g/mol. The van der Waals surface area contributed by atoms with Crippen molar-refractivity contribution >= 4 is 15.7 Å². The van der Waals surface area contributed by atoms with Crippen molar-refractivity contribution < 1.29 is 8.42 Å². The van der Waals surface area contributed by atoms with E-state index in [0.29, 0.717) is 12.2 Å². The van der Waals surface area contributed by atoms with Crippen LogP contribution in [-0.4, -0.2) is 27.8 Å². The van der Waals surface area contributed by atoms with Crippen LogP contribution in [0.15, 0.2) is 18.2 Å². The highest BCUT2D eigenvalue weighted by molar-refractivity contribution is 7.92. The standard InChI is InChI=1S/C14H24N2O2S/c1-11-10-12(6-7-13(11)14(2,3)4)16-19(17,18)9-8-15-5/h6-7,10,15-16H,8-9H2,1-5H3. The van der Waals surface area contributed by atoms with Crippen LogP contribution in [0.5, 0.6) is 0 Å². The number of anilines is 1. The minimum Gasteiger partial charge on any atom is -0.319 e. The molecule has 5 heteroatoms. The van der Waals surface area contributed by atoms with Crippen LogP contribution in [0, 0.1) is 6.92 Å². The Morgan fingerprint density at radius 2 is 1.84 bits per heavy atom. The summed E-state index contributed by atoms with van der Waals surface area (Å²) in [4.78, 5) is 0. The molecule has 1 aromatic rings. The van der Waals surface area contributed by atoms with E-state index >= 15 is 0 Å². The van der Waals surface area contributed by atoms with Gasteiger partial charge in [0, 0.05) is 12.2 Å². The van der Waals surface area contributed by atoms with Crippen molar-refractivity contribution in [3.63, 3.8) is 0 Å². The SMILES string of the molecule is CNCCS(=O)(=O)Nc1ccc(C(C)(C)C)c(C)c1. The molecule has 2 N–H and O–H groups in total. The second kappa shape index (κ2) is 5.92. The summed E-state index contributed by atoms with van der Waals surface area (Å²) in [5.74, 6) is 0.0730. The summed E-state index contributed by atoms with van der Waals surface area (Å²) >= 11 is 0. The van der Waals surface area contributed by atoms with Crippen molar-refractivity contribution in [2.75, 3.05) is 24.1 Å². The molecule has 0 fully saturated rings. The first kappa shape index (κ1) is 16.0. The molecule has 0 saturated carbocycles. The number of sulfonamides is 1. The highest BCUT2D eigenvalue weighted by Gasteiger charge is 2.17.